The molecule has 0 aliphatic carbocycles. The Kier molecular flexibility index (Phi) is 7.36. The second kappa shape index (κ2) is 9.50. The molecule has 27 heavy (non-hydrogen) atoms. The average molecular weight is 385 g/mol. The van der Waals surface area contributed by atoms with Gasteiger partial charge in [-0.05, 0) is 44.0 Å². The summed E-state index contributed by atoms with van der Waals surface area (Å²) in [5, 5.41) is 4.25. The second-order valence-electron chi connectivity index (χ2n) is 6.66. The van der Waals surface area contributed by atoms with Crippen LogP contribution in [0, 0.1) is 6.92 Å². The van der Waals surface area contributed by atoms with Gasteiger partial charge in [-0.1, -0.05) is 43.0 Å². The lowest BCUT2D eigenvalue weighted by molar-refractivity contribution is 0.334. The van der Waals surface area contributed by atoms with E-state index in [-0.39, 0.29) is 5.92 Å². The summed E-state index contributed by atoms with van der Waals surface area (Å²) in [5.74, 6) is 5.80. The van der Waals surface area contributed by atoms with E-state index >= 15 is 0 Å². The van der Waals surface area contributed by atoms with Crippen LogP contribution in [-0.2, 0) is 0 Å². The van der Waals surface area contributed by atoms with E-state index in [1.54, 1.807) is 17.4 Å². The Morgan fingerprint density at radius 3 is 2.63 bits per heavy atom. The number of rotatable bonds is 9. The second-order valence-corrected chi connectivity index (χ2v) is 7.89. The van der Waals surface area contributed by atoms with Crippen molar-refractivity contribution in [3.05, 3.63) is 77.4 Å². The van der Waals surface area contributed by atoms with Crippen molar-refractivity contribution >= 4 is 16.5 Å². The smallest absolute Gasteiger partial charge is 0.182 e. The zero-order valence-corrected chi connectivity index (χ0v) is 16.9. The van der Waals surface area contributed by atoms with Crippen LogP contribution >= 0.6 is 11.3 Å². The normalized spacial score (nSPS) is 15.4. The molecule has 2 rings (SSSR count). The highest BCUT2D eigenvalue weighted by molar-refractivity contribution is 7.15. The number of anilines is 1. The van der Waals surface area contributed by atoms with Crippen LogP contribution in [-0.4, -0.2) is 17.1 Å². The van der Waals surface area contributed by atoms with Gasteiger partial charge >= 0.3 is 0 Å². The molecule has 0 aliphatic heterocycles. The molecule has 2 aromatic rings. The maximum absolute atomic E-state index is 6.83. The molecule has 2 atom stereocenters. The van der Waals surface area contributed by atoms with Gasteiger partial charge in [-0.2, -0.15) is 5.90 Å². The summed E-state index contributed by atoms with van der Waals surface area (Å²) in [6, 6.07) is 7.67. The lowest BCUT2D eigenvalue weighted by Gasteiger charge is -2.36. The van der Waals surface area contributed by atoms with Crippen LogP contribution in [0.3, 0.4) is 0 Å². The van der Waals surface area contributed by atoms with Gasteiger partial charge in [-0.15, -0.1) is 11.3 Å². The number of nitrogens with two attached hydrogens (primary N) is 2. The molecular formula is C21H28N4OS. The van der Waals surface area contributed by atoms with Gasteiger partial charge in [-0.3, -0.25) is 0 Å². The maximum Gasteiger partial charge on any atom is 0.182 e. The van der Waals surface area contributed by atoms with Crippen molar-refractivity contribution < 1.29 is 4.84 Å². The largest absolute Gasteiger partial charge is 0.412 e. The van der Waals surface area contributed by atoms with Crippen LogP contribution in [0.15, 0.2) is 66.9 Å². The zero-order valence-electron chi connectivity index (χ0n) is 16.1. The molecule has 1 aromatic heterocycles. The van der Waals surface area contributed by atoms with Crippen LogP contribution in [0.4, 0.5) is 5.13 Å². The van der Waals surface area contributed by atoms with Crippen LogP contribution < -0.4 is 21.8 Å². The SMILES string of the molecule is C=C/C=C(\C=C/C)C(c1ccc(ON)cc1)C(C)(N)CNc1ncc(C)s1. The van der Waals surface area contributed by atoms with Gasteiger partial charge < -0.3 is 15.9 Å². The molecule has 144 valence electrons. The Morgan fingerprint density at radius 2 is 2.11 bits per heavy atom. The van der Waals surface area contributed by atoms with Gasteiger partial charge in [0.1, 0.15) is 5.75 Å². The van der Waals surface area contributed by atoms with E-state index in [9.17, 15) is 0 Å². The number of aromatic nitrogens is 1. The molecular weight excluding hydrogens is 356 g/mol. The Morgan fingerprint density at radius 1 is 1.41 bits per heavy atom. The molecule has 0 aliphatic rings. The number of hydrogen-bond acceptors (Lipinski definition) is 6. The molecule has 1 heterocycles. The van der Waals surface area contributed by atoms with Gasteiger partial charge in [0, 0.05) is 29.1 Å². The minimum absolute atomic E-state index is 0.0629. The van der Waals surface area contributed by atoms with Gasteiger partial charge in [0.15, 0.2) is 5.13 Å². The first-order chi connectivity index (χ1) is 12.9. The standard InChI is InChI=1S/C21H28N4OS/c1-5-7-16(8-6-2)19(17-9-11-18(26-23)12-10-17)21(4,22)14-25-20-24-13-15(3)27-20/h5-13,19H,1,14,22-23H2,2-4H3,(H,24,25)/b8-6-,16-7+. The third-order valence-electron chi connectivity index (χ3n) is 4.25. The lowest BCUT2D eigenvalue weighted by atomic mass is 9.75. The van der Waals surface area contributed by atoms with Crippen molar-refractivity contribution in [2.75, 3.05) is 11.9 Å². The van der Waals surface area contributed by atoms with Crippen molar-refractivity contribution in [3.8, 4) is 5.75 Å². The summed E-state index contributed by atoms with van der Waals surface area (Å²) < 4.78 is 0. The highest BCUT2D eigenvalue weighted by Crippen LogP contribution is 2.36. The van der Waals surface area contributed by atoms with Gasteiger partial charge in [0.05, 0.1) is 0 Å². The van der Waals surface area contributed by atoms with Crippen LogP contribution in [0.25, 0.3) is 0 Å². The number of aryl methyl sites for hydroxylation is 1. The molecule has 0 saturated carbocycles. The van der Waals surface area contributed by atoms with Gasteiger partial charge in [-0.25, -0.2) is 4.98 Å². The van der Waals surface area contributed by atoms with E-state index in [4.69, 9.17) is 16.5 Å². The number of nitrogens with one attached hydrogen (secondary N) is 1. The third kappa shape index (κ3) is 5.53. The van der Waals surface area contributed by atoms with Gasteiger partial charge in [0.2, 0.25) is 0 Å². The van der Waals surface area contributed by atoms with Crippen molar-refractivity contribution in [1.29, 1.82) is 0 Å². The summed E-state index contributed by atoms with van der Waals surface area (Å²) in [7, 11) is 0. The summed E-state index contributed by atoms with van der Waals surface area (Å²) in [5.41, 5.74) is 8.40. The molecule has 0 spiro atoms. The average Bonchev–Trinajstić information content (AvgIpc) is 3.06. The monoisotopic (exact) mass is 384 g/mol. The summed E-state index contributed by atoms with van der Waals surface area (Å²) in [4.78, 5) is 10.3. The third-order valence-corrected chi connectivity index (χ3v) is 5.12. The molecule has 0 amide bonds. The molecule has 0 saturated heterocycles. The molecule has 5 nitrogen and oxygen atoms in total. The van der Waals surface area contributed by atoms with Crippen LogP contribution in [0.5, 0.6) is 5.75 Å². The topological polar surface area (TPSA) is 86.2 Å². The molecule has 0 fully saturated rings. The highest BCUT2D eigenvalue weighted by Gasteiger charge is 2.33. The fraction of sp³-hybridized carbons (Fsp3) is 0.286. The Labute approximate surface area is 165 Å². The predicted molar refractivity (Wildman–Crippen MR) is 115 cm³/mol. The van der Waals surface area contributed by atoms with Crippen molar-refractivity contribution in [1.82, 2.24) is 4.98 Å². The van der Waals surface area contributed by atoms with Crippen molar-refractivity contribution in [2.45, 2.75) is 32.2 Å². The Balaban J connectivity index is 2.38. The first kappa shape index (κ1) is 20.9. The van der Waals surface area contributed by atoms with E-state index in [2.05, 4.69) is 23.0 Å². The Bertz CT molecular complexity index is 806. The van der Waals surface area contributed by atoms with E-state index < -0.39 is 5.54 Å². The van der Waals surface area contributed by atoms with E-state index in [0.29, 0.717) is 12.3 Å². The fourth-order valence-corrected chi connectivity index (χ4v) is 3.73. The zero-order chi connectivity index (χ0) is 19.9. The minimum atomic E-state index is -0.584. The predicted octanol–water partition coefficient (Wildman–Crippen LogP) is 4.31. The first-order valence-corrected chi connectivity index (χ1v) is 9.60. The number of nitrogens with zero attached hydrogens (tertiary/aromatic N) is 1. The van der Waals surface area contributed by atoms with Gasteiger partial charge in [0.25, 0.3) is 0 Å². The quantitative estimate of drug-likeness (QED) is 0.443. The number of hydrogen-bond donors (Lipinski definition) is 3. The lowest BCUT2D eigenvalue weighted by Crippen LogP contribution is -2.49. The summed E-state index contributed by atoms with van der Waals surface area (Å²) >= 11 is 1.62. The van der Waals surface area contributed by atoms with E-state index in [1.807, 2.05) is 63.4 Å². The molecule has 0 bridgehead atoms. The molecule has 2 unspecified atom stereocenters. The molecule has 0 radical (unpaired) electrons. The minimum Gasteiger partial charge on any atom is -0.412 e. The summed E-state index contributed by atoms with van der Waals surface area (Å²) in [6.45, 7) is 10.5. The molecule has 5 N–H and O–H groups in total. The maximum atomic E-state index is 6.83. The number of allylic oxidation sites excluding steroid dienone is 4. The van der Waals surface area contributed by atoms with Crippen LogP contribution in [0.1, 0.15) is 30.2 Å². The number of thiazole rings is 1. The van der Waals surface area contributed by atoms with Crippen molar-refractivity contribution in [3.63, 3.8) is 0 Å². The fourth-order valence-electron chi connectivity index (χ4n) is 3.07. The highest BCUT2D eigenvalue weighted by atomic mass is 32.1. The molecule has 6 heteroatoms. The summed E-state index contributed by atoms with van der Waals surface area (Å²) in [6.07, 6.45) is 9.71. The number of benzene rings is 1. The van der Waals surface area contributed by atoms with Crippen LogP contribution in [0.2, 0.25) is 0 Å². The Hall–Kier alpha value is -2.41. The van der Waals surface area contributed by atoms with E-state index in [1.165, 1.54) is 0 Å². The van der Waals surface area contributed by atoms with E-state index in [0.717, 1.165) is 21.1 Å². The van der Waals surface area contributed by atoms with Crippen molar-refractivity contribution in [2.24, 2.45) is 11.6 Å². The molecule has 1 aromatic carbocycles. The first-order valence-electron chi connectivity index (χ1n) is 8.78.